The standard InChI is InChI=1S/C12H12BrNO4/c1-16-9-5-7(13)10-6(11(9)17-2)4-8(14-10)12(15)18-3/h4-5,14H,1-3H3. The smallest absolute Gasteiger partial charge is 0.354 e. The van der Waals surface area contributed by atoms with Gasteiger partial charge in [-0.15, -0.1) is 0 Å². The highest BCUT2D eigenvalue weighted by Gasteiger charge is 2.18. The van der Waals surface area contributed by atoms with Gasteiger partial charge in [0.05, 0.1) is 26.8 Å². The number of nitrogens with one attached hydrogen (secondary N) is 1. The van der Waals surface area contributed by atoms with Gasteiger partial charge in [0.2, 0.25) is 0 Å². The van der Waals surface area contributed by atoms with E-state index in [4.69, 9.17) is 9.47 Å². The maximum Gasteiger partial charge on any atom is 0.354 e. The number of carbonyl (C=O) groups excluding carboxylic acids is 1. The Morgan fingerprint density at radius 3 is 2.50 bits per heavy atom. The lowest BCUT2D eigenvalue weighted by Gasteiger charge is -2.09. The molecule has 0 unspecified atom stereocenters. The topological polar surface area (TPSA) is 60.6 Å². The van der Waals surface area contributed by atoms with Gasteiger partial charge < -0.3 is 19.2 Å². The van der Waals surface area contributed by atoms with Crippen LogP contribution in [0.5, 0.6) is 11.5 Å². The van der Waals surface area contributed by atoms with Crippen LogP contribution in [0.25, 0.3) is 10.9 Å². The van der Waals surface area contributed by atoms with E-state index in [1.165, 1.54) is 7.11 Å². The molecule has 0 amide bonds. The first-order valence-electron chi connectivity index (χ1n) is 5.13. The van der Waals surface area contributed by atoms with E-state index in [9.17, 15) is 4.79 Å². The van der Waals surface area contributed by atoms with Crippen LogP contribution in [-0.2, 0) is 4.74 Å². The molecule has 0 saturated carbocycles. The first-order valence-corrected chi connectivity index (χ1v) is 5.93. The van der Waals surface area contributed by atoms with Crippen molar-refractivity contribution in [2.75, 3.05) is 21.3 Å². The van der Waals surface area contributed by atoms with Crippen LogP contribution in [0.4, 0.5) is 0 Å². The lowest BCUT2D eigenvalue weighted by Crippen LogP contribution is -2.00. The number of aromatic amines is 1. The summed E-state index contributed by atoms with van der Waals surface area (Å²) in [5.41, 5.74) is 1.12. The minimum absolute atomic E-state index is 0.361. The summed E-state index contributed by atoms with van der Waals surface area (Å²) in [6.07, 6.45) is 0. The van der Waals surface area contributed by atoms with Crippen LogP contribution in [0.2, 0.25) is 0 Å². The van der Waals surface area contributed by atoms with Gasteiger partial charge in [0, 0.05) is 15.9 Å². The molecule has 0 atom stereocenters. The van der Waals surface area contributed by atoms with E-state index in [0.717, 1.165) is 15.4 Å². The summed E-state index contributed by atoms with van der Waals surface area (Å²) in [5, 5.41) is 0.754. The van der Waals surface area contributed by atoms with Crippen molar-refractivity contribution in [2.24, 2.45) is 0 Å². The summed E-state index contributed by atoms with van der Waals surface area (Å²) in [5.74, 6) is 0.730. The van der Waals surface area contributed by atoms with Gasteiger partial charge in [-0.1, -0.05) is 0 Å². The maximum atomic E-state index is 11.5. The van der Waals surface area contributed by atoms with E-state index in [1.807, 2.05) is 0 Å². The highest BCUT2D eigenvalue weighted by molar-refractivity contribution is 9.10. The monoisotopic (exact) mass is 313 g/mol. The van der Waals surface area contributed by atoms with Crippen LogP contribution >= 0.6 is 15.9 Å². The molecule has 0 bridgehead atoms. The molecule has 1 aromatic carbocycles. The number of hydrogen-bond acceptors (Lipinski definition) is 4. The molecule has 1 heterocycles. The number of aromatic nitrogens is 1. The Labute approximate surface area is 112 Å². The van der Waals surface area contributed by atoms with Crippen molar-refractivity contribution in [3.8, 4) is 11.5 Å². The Hall–Kier alpha value is -1.69. The largest absolute Gasteiger partial charge is 0.493 e. The number of carbonyl (C=O) groups is 1. The van der Waals surface area contributed by atoms with Crippen molar-refractivity contribution in [1.29, 1.82) is 0 Å². The number of methoxy groups -OCH3 is 3. The van der Waals surface area contributed by atoms with Crippen LogP contribution in [0, 0.1) is 0 Å². The second-order valence-electron chi connectivity index (χ2n) is 3.56. The van der Waals surface area contributed by atoms with Gasteiger partial charge in [0.25, 0.3) is 0 Å². The van der Waals surface area contributed by atoms with Gasteiger partial charge in [-0.2, -0.15) is 0 Å². The average Bonchev–Trinajstić information content (AvgIpc) is 2.83. The predicted molar refractivity (Wildman–Crippen MR) is 70.4 cm³/mol. The highest BCUT2D eigenvalue weighted by Crippen LogP contribution is 2.40. The number of ether oxygens (including phenoxy) is 3. The van der Waals surface area contributed by atoms with Gasteiger partial charge in [-0.05, 0) is 22.0 Å². The first kappa shape index (κ1) is 12.8. The second-order valence-corrected chi connectivity index (χ2v) is 4.41. The Bertz CT molecular complexity index is 606. The highest BCUT2D eigenvalue weighted by atomic mass is 79.9. The number of rotatable bonds is 3. The van der Waals surface area contributed by atoms with Gasteiger partial charge in [0.1, 0.15) is 5.69 Å². The molecule has 0 radical (unpaired) electrons. The third-order valence-corrected chi connectivity index (χ3v) is 3.24. The molecule has 96 valence electrons. The van der Waals surface area contributed by atoms with Crippen LogP contribution in [0.15, 0.2) is 16.6 Å². The van der Waals surface area contributed by atoms with Crippen LogP contribution in [0.1, 0.15) is 10.5 Å². The van der Waals surface area contributed by atoms with E-state index in [0.29, 0.717) is 17.2 Å². The fourth-order valence-corrected chi connectivity index (χ4v) is 2.31. The van der Waals surface area contributed by atoms with E-state index in [-0.39, 0.29) is 0 Å². The summed E-state index contributed by atoms with van der Waals surface area (Å²) in [6, 6.07) is 3.45. The van der Waals surface area contributed by atoms with E-state index in [1.54, 1.807) is 26.4 Å². The molecule has 5 nitrogen and oxygen atoms in total. The van der Waals surface area contributed by atoms with Crippen molar-refractivity contribution in [2.45, 2.75) is 0 Å². The van der Waals surface area contributed by atoms with Crippen molar-refractivity contribution in [3.05, 3.63) is 22.3 Å². The molecule has 2 rings (SSSR count). The second kappa shape index (κ2) is 4.89. The fourth-order valence-electron chi connectivity index (χ4n) is 1.79. The van der Waals surface area contributed by atoms with Crippen molar-refractivity contribution < 1.29 is 19.0 Å². The van der Waals surface area contributed by atoms with Gasteiger partial charge >= 0.3 is 5.97 Å². The average molecular weight is 314 g/mol. The number of fused-ring (bicyclic) bond motifs is 1. The summed E-state index contributed by atoms with van der Waals surface area (Å²) >= 11 is 3.42. The molecule has 0 aliphatic carbocycles. The minimum Gasteiger partial charge on any atom is -0.493 e. The van der Waals surface area contributed by atoms with Gasteiger partial charge in [-0.25, -0.2) is 4.79 Å². The third kappa shape index (κ3) is 1.92. The first-order chi connectivity index (χ1) is 8.62. The van der Waals surface area contributed by atoms with E-state index in [2.05, 4.69) is 25.7 Å². The van der Waals surface area contributed by atoms with Crippen LogP contribution in [0.3, 0.4) is 0 Å². The molecule has 0 spiro atoms. The van der Waals surface area contributed by atoms with Gasteiger partial charge in [0.15, 0.2) is 11.5 Å². The van der Waals surface area contributed by atoms with Crippen molar-refractivity contribution in [3.63, 3.8) is 0 Å². The third-order valence-electron chi connectivity index (χ3n) is 2.61. The number of H-pyrrole nitrogens is 1. The summed E-state index contributed by atoms with van der Waals surface area (Å²) in [7, 11) is 4.45. The lowest BCUT2D eigenvalue weighted by atomic mass is 10.2. The normalized spacial score (nSPS) is 10.4. The van der Waals surface area contributed by atoms with Crippen LogP contribution in [-0.4, -0.2) is 32.3 Å². The molecule has 1 aromatic heterocycles. The zero-order chi connectivity index (χ0) is 13.3. The number of benzene rings is 1. The Kier molecular flexibility index (Phi) is 3.47. The molecule has 0 saturated heterocycles. The van der Waals surface area contributed by atoms with Crippen molar-refractivity contribution in [1.82, 2.24) is 4.98 Å². The Morgan fingerprint density at radius 2 is 1.94 bits per heavy atom. The number of hydrogen-bond donors (Lipinski definition) is 1. The number of esters is 1. The van der Waals surface area contributed by atoms with Crippen molar-refractivity contribution >= 4 is 32.8 Å². The maximum absolute atomic E-state index is 11.5. The zero-order valence-electron chi connectivity index (χ0n) is 10.2. The van der Waals surface area contributed by atoms with E-state index < -0.39 is 5.97 Å². The fraction of sp³-hybridized carbons (Fsp3) is 0.250. The predicted octanol–water partition coefficient (Wildman–Crippen LogP) is 2.73. The summed E-state index contributed by atoms with van der Waals surface area (Å²) in [6.45, 7) is 0. The quantitative estimate of drug-likeness (QED) is 0.885. The SMILES string of the molecule is COC(=O)c1cc2c(OC)c(OC)cc(Br)c2[nH]1. The van der Waals surface area contributed by atoms with Gasteiger partial charge in [-0.3, -0.25) is 0 Å². The molecule has 0 aliphatic heterocycles. The molecule has 6 heteroatoms. The molecule has 0 fully saturated rings. The molecule has 18 heavy (non-hydrogen) atoms. The molecular formula is C12H12BrNO4. The molecule has 0 aliphatic rings. The van der Waals surface area contributed by atoms with E-state index >= 15 is 0 Å². The molecule has 2 aromatic rings. The zero-order valence-corrected chi connectivity index (χ0v) is 11.8. The van der Waals surface area contributed by atoms with Crippen LogP contribution < -0.4 is 9.47 Å². The Morgan fingerprint density at radius 1 is 1.22 bits per heavy atom. The Balaban J connectivity index is 2.74. The number of halogens is 1. The summed E-state index contributed by atoms with van der Waals surface area (Å²) in [4.78, 5) is 14.5. The summed E-state index contributed by atoms with van der Waals surface area (Å²) < 4.78 is 16.0. The molecule has 1 N–H and O–H groups in total. The minimum atomic E-state index is -0.431. The molecular weight excluding hydrogens is 302 g/mol. The lowest BCUT2D eigenvalue weighted by molar-refractivity contribution is 0.0595.